The topological polar surface area (TPSA) is 78.3 Å². The van der Waals surface area contributed by atoms with E-state index in [0.717, 1.165) is 11.1 Å². The van der Waals surface area contributed by atoms with Crippen molar-refractivity contribution in [2.45, 2.75) is 6.61 Å². The Bertz CT molecular complexity index is 1050. The van der Waals surface area contributed by atoms with E-state index in [9.17, 15) is 4.79 Å². The molecule has 0 aliphatic heterocycles. The number of amidine groups is 1. The van der Waals surface area contributed by atoms with Crippen LogP contribution in [0.2, 0.25) is 10.0 Å². The third kappa shape index (κ3) is 5.49. The van der Waals surface area contributed by atoms with Crippen LogP contribution in [0.25, 0.3) is 0 Å². The van der Waals surface area contributed by atoms with Gasteiger partial charge in [0.25, 0.3) is 5.91 Å². The first-order valence-electron chi connectivity index (χ1n) is 9.04. The van der Waals surface area contributed by atoms with E-state index in [1.54, 1.807) is 35.2 Å². The number of aromatic nitrogens is 1. The van der Waals surface area contributed by atoms with Crippen molar-refractivity contribution in [3.05, 3.63) is 87.5 Å². The molecule has 0 unspecified atom stereocenters. The van der Waals surface area contributed by atoms with Crippen LogP contribution >= 0.6 is 23.2 Å². The van der Waals surface area contributed by atoms with Crippen molar-refractivity contribution in [1.82, 2.24) is 9.88 Å². The van der Waals surface area contributed by atoms with Crippen LogP contribution in [0.5, 0.6) is 5.75 Å². The summed E-state index contributed by atoms with van der Waals surface area (Å²) in [6.07, 6.45) is 1.45. The van der Waals surface area contributed by atoms with E-state index in [-0.39, 0.29) is 6.61 Å². The normalized spacial score (nSPS) is 10.4. The lowest BCUT2D eigenvalue weighted by molar-refractivity contribution is 0.102. The summed E-state index contributed by atoms with van der Waals surface area (Å²) >= 11 is 11.9. The van der Waals surface area contributed by atoms with Gasteiger partial charge in [0.1, 0.15) is 24.0 Å². The molecule has 0 radical (unpaired) electrons. The molecule has 2 N–H and O–H groups in total. The zero-order valence-corrected chi connectivity index (χ0v) is 18.0. The van der Waals surface area contributed by atoms with Crippen molar-refractivity contribution in [2.75, 3.05) is 19.4 Å². The molecule has 0 atom stereocenters. The predicted octanol–water partition coefficient (Wildman–Crippen LogP) is 5.11. The molecule has 154 valence electrons. The molecule has 0 saturated heterocycles. The highest BCUT2D eigenvalue weighted by Crippen LogP contribution is 2.25. The largest absolute Gasteiger partial charge is 0.488 e. The van der Waals surface area contributed by atoms with Gasteiger partial charge in [-0.1, -0.05) is 47.5 Å². The number of rotatable bonds is 6. The highest BCUT2D eigenvalue weighted by atomic mass is 35.5. The minimum atomic E-state index is -0.392. The molecule has 0 saturated carbocycles. The number of nitrogens with one attached hydrogen (secondary N) is 2. The van der Waals surface area contributed by atoms with E-state index in [1.165, 1.54) is 6.20 Å². The fourth-order valence-electron chi connectivity index (χ4n) is 2.62. The van der Waals surface area contributed by atoms with Gasteiger partial charge in [-0.2, -0.15) is 0 Å². The number of anilines is 1. The van der Waals surface area contributed by atoms with Gasteiger partial charge < -0.3 is 15.0 Å². The van der Waals surface area contributed by atoms with Gasteiger partial charge in [0.15, 0.2) is 0 Å². The lowest BCUT2D eigenvalue weighted by atomic mass is 10.1. The molecule has 8 heteroatoms. The van der Waals surface area contributed by atoms with Gasteiger partial charge in [0, 0.05) is 30.9 Å². The average molecular weight is 443 g/mol. The summed E-state index contributed by atoms with van der Waals surface area (Å²) in [7, 11) is 3.65. The van der Waals surface area contributed by atoms with Gasteiger partial charge in [-0.3, -0.25) is 10.2 Å². The van der Waals surface area contributed by atoms with Crippen molar-refractivity contribution in [2.24, 2.45) is 0 Å². The molecule has 0 bridgehead atoms. The fraction of sp³-hybridized carbons (Fsp3) is 0.136. The van der Waals surface area contributed by atoms with Gasteiger partial charge in [0.05, 0.1) is 10.6 Å². The third-order valence-electron chi connectivity index (χ3n) is 4.22. The number of hydrogen-bond donors (Lipinski definition) is 2. The summed E-state index contributed by atoms with van der Waals surface area (Å²) in [6, 6.07) is 15.6. The van der Waals surface area contributed by atoms with Crippen LogP contribution in [-0.4, -0.2) is 35.7 Å². The number of amides is 1. The number of pyridine rings is 1. The number of carbonyl (C=O) groups excluding carboxylic acids is 1. The van der Waals surface area contributed by atoms with Crippen LogP contribution in [0.1, 0.15) is 21.5 Å². The highest BCUT2D eigenvalue weighted by molar-refractivity contribution is 6.31. The second kappa shape index (κ2) is 9.61. The zero-order chi connectivity index (χ0) is 21.7. The van der Waals surface area contributed by atoms with E-state index in [4.69, 9.17) is 33.3 Å². The van der Waals surface area contributed by atoms with Gasteiger partial charge in [0.2, 0.25) is 0 Å². The third-order valence-corrected chi connectivity index (χ3v) is 4.68. The maximum Gasteiger partial charge on any atom is 0.260 e. The molecule has 0 fully saturated rings. The van der Waals surface area contributed by atoms with Crippen LogP contribution in [0.4, 0.5) is 5.82 Å². The van der Waals surface area contributed by atoms with Gasteiger partial charge in [-0.25, -0.2) is 4.98 Å². The first-order valence-corrected chi connectivity index (χ1v) is 9.79. The number of ether oxygens (including phenoxy) is 1. The number of halogens is 2. The zero-order valence-electron chi connectivity index (χ0n) is 16.4. The van der Waals surface area contributed by atoms with Crippen molar-refractivity contribution < 1.29 is 9.53 Å². The van der Waals surface area contributed by atoms with Gasteiger partial charge >= 0.3 is 0 Å². The lowest BCUT2D eigenvalue weighted by Gasteiger charge is -2.15. The van der Waals surface area contributed by atoms with Crippen LogP contribution in [0.15, 0.2) is 60.8 Å². The maximum atomic E-state index is 12.7. The molecule has 6 nitrogen and oxygen atoms in total. The lowest BCUT2D eigenvalue weighted by Crippen LogP contribution is -2.21. The summed E-state index contributed by atoms with van der Waals surface area (Å²) in [5.41, 5.74) is 2.02. The Balaban J connectivity index is 1.72. The number of hydrogen-bond acceptors (Lipinski definition) is 4. The summed E-state index contributed by atoms with van der Waals surface area (Å²) in [4.78, 5) is 18.5. The summed E-state index contributed by atoms with van der Waals surface area (Å²) in [5, 5.41) is 11.6. The summed E-state index contributed by atoms with van der Waals surface area (Å²) in [5.74, 6) is 0.803. The standard InChI is InChI=1S/C22H20Cl2N4O2/c1-28(2)21(25)15-5-3-14(4-6-15)13-30-19-9-7-16(23)11-18(19)22(29)27-20-10-8-17(24)12-26-20/h3-12,25H,13H2,1-2H3,(H,26,27,29). The molecule has 0 aliphatic rings. The maximum absolute atomic E-state index is 12.7. The van der Waals surface area contributed by atoms with Crippen LogP contribution in [0, 0.1) is 5.41 Å². The minimum Gasteiger partial charge on any atom is -0.488 e. The smallest absolute Gasteiger partial charge is 0.260 e. The quantitative estimate of drug-likeness (QED) is 0.410. The number of nitrogens with zero attached hydrogens (tertiary/aromatic N) is 2. The number of benzene rings is 2. The molecular weight excluding hydrogens is 423 g/mol. The Kier molecular flexibility index (Phi) is 6.92. The van der Waals surface area contributed by atoms with Gasteiger partial charge in [-0.15, -0.1) is 0 Å². The van der Waals surface area contributed by atoms with Gasteiger partial charge in [-0.05, 0) is 35.9 Å². The molecule has 2 aromatic carbocycles. The molecular formula is C22H20Cl2N4O2. The Morgan fingerprint density at radius 1 is 1.07 bits per heavy atom. The van der Waals surface area contributed by atoms with E-state index in [1.807, 2.05) is 38.4 Å². The summed E-state index contributed by atoms with van der Waals surface area (Å²) in [6.45, 7) is 0.261. The molecule has 1 amide bonds. The van der Waals surface area contributed by atoms with E-state index in [2.05, 4.69) is 10.3 Å². The van der Waals surface area contributed by atoms with Crippen molar-refractivity contribution in [3.63, 3.8) is 0 Å². The van der Waals surface area contributed by atoms with Crippen molar-refractivity contribution in [1.29, 1.82) is 5.41 Å². The average Bonchev–Trinajstić information content (AvgIpc) is 2.74. The van der Waals surface area contributed by atoms with E-state index >= 15 is 0 Å². The van der Waals surface area contributed by atoms with E-state index < -0.39 is 5.91 Å². The monoisotopic (exact) mass is 442 g/mol. The Morgan fingerprint density at radius 3 is 2.40 bits per heavy atom. The molecule has 30 heavy (non-hydrogen) atoms. The van der Waals surface area contributed by atoms with Crippen molar-refractivity contribution in [3.8, 4) is 5.75 Å². The molecule has 1 aromatic heterocycles. The van der Waals surface area contributed by atoms with E-state index in [0.29, 0.717) is 33.0 Å². The van der Waals surface area contributed by atoms with Crippen LogP contribution < -0.4 is 10.1 Å². The molecule has 3 aromatic rings. The summed E-state index contributed by atoms with van der Waals surface area (Å²) < 4.78 is 5.88. The van der Waals surface area contributed by atoms with Crippen LogP contribution in [0.3, 0.4) is 0 Å². The second-order valence-electron chi connectivity index (χ2n) is 6.68. The Labute approximate surface area is 184 Å². The second-order valence-corrected chi connectivity index (χ2v) is 7.56. The Hall–Kier alpha value is -3.09. The molecule has 3 rings (SSSR count). The molecule has 0 aliphatic carbocycles. The van der Waals surface area contributed by atoms with Crippen LogP contribution in [-0.2, 0) is 6.61 Å². The predicted molar refractivity (Wildman–Crippen MR) is 120 cm³/mol. The Morgan fingerprint density at radius 2 is 1.77 bits per heavy atom. The SMILES string of the molecule is CN(C)C(=N)c1ccc(COc2ccc(Cl)cc2C(=O)Nc2ccc(Cl)cn2)cc1. The molecule has 1 heterocycles. The fourth-order valence-corrected chi connectivity index (χ4v) is 2.90. The minimum absolute atomic E-state index is 0.261. The van der Waals surface area contributed by atoms with Crippen molar-refractivity contribution >= 4 is 40.8 Å². The number of carbonyl (C=O) groups is 1. The first-order chi connectivity index (χ1) is 14.3. The highest BCUT2D eigenvalue weighted by Gasteiger charge is 2.15. The molecule has 0 spiro atoms. The first kappa shape index (κ1) is 21.6.